The van der Waals surface area contributed by atoms with Crippen molar-refractivity contribution in [3.63, 3.8) is 0 Å². The molecule has 0 N–H and O–H groups in total. The molecule has 0 radical (unpaired) electrons. The van der Waals surface area contributed by atoms with Gasteiger partial charge in [0.1, 0.15) is 11.9 Å². The molecule has 0 aliphatic heterocycles. The minimum atomic E-state index is -4.89. The molecule has 0 heterocycles. The van der Waals surface area contributed by atoms with Gasteiger partial charge >= 0.3 is 6.36 Å². The fourth-order valence-electron chi connectivity index (χ4n) is 1.02. The van der Waals surface area contributed by atoms with E-state index in [0.717, 1.165) is 12.1 Å². The van der Waals surface area contributed by atoms with E-state index >= 15 is 0 Å². The molecular weight excluding hydrogens is 241 g/mol. The number of rotatable bonds is 3. The minimum absolute atomic E-state index is 0.464. The van der Waals surface area contributed by atoms with Crippen LogP contribution in [0, 0.1) is 12.5 Å². The van der Waals surface area contributed by atoms with E-state index in [1.54, 1.807) is 6.11 Å². The quantitative estimate of drug-likeness (QED) is 0.743. The number of aromatic carboxylic acids is 1. The predicted octanol–water partition coefficient (Wildman–Crippen LogP) is 0.918. The van der Waals surface area contributed by atoms with Crippen LogP contribution in [0.5, 0.6) is 11.5 Å². The van der Waals surface area contributed by atoms with Crippen LogP contribution in [0.4, 0.5) is 13.2 Å². The largest absolute Gasteiger partial charge is 0.573 e. The molecule has 1 aromatic rings. The van der Waals surface area contributed by atoms with Gasteiger partial charge in [0.25, 0.3) is 0 Å². The first kappa shape index (κ1) is 12.7. The Kier molecular flexibility index (Phi) is 3.48. The van der Waals surface area contributed by atoms with Crippen molar-refractivity contribution < 1.29 is 32.5 Å². The zero-order valence-electron chi connectivity index (χ0n) is 8.08. The monoisotopic (exact) mass is 245 g/mol. The third-order valence-electron chi connectivity index (χ3n) is 1.58. The van der Waals surface area contributed by atoms with Gasteiger partial charge in [-0.1, -0.05) is 6.42 Å². The molecule has 0 bridgehead atoms. The molecule has 0 saturated heterocycles. The number of carbonyl (C=O) groups is 1. The molecule has 0 unspecified atom stereocenters. The van der Waals surface area contributed by atoms with E-state index in [-0.39, 0.29) is 0 Å². The highest BCUT2D eigenvalue weighted by Gasteiger charge is 2.31. The average molecular weight is 245 g/mol. The Bertz CT molecular complexity index is 473. The minimum Gasteiger partial charge on any atom is -0.545 e. The number of hydrogen-bond acceptors (Lipinski definition) is 4. The Morgan fingerprint density at radius 3 is 2.53 bits per heavy atom. The van der Waals surface area contributed by atoms with Gasteiger partial charge < -0.3 is 19.4 Å². The zero-order chi connectivity index (χ0) is 13.1. The van der Waals surface area contributed by atoms with Crippen molar-refractivity contribution in [2.45, 2.75) is 6.36 Å². The SMILES string of the molecule is C#COc1cc(OC(F)(F)F)ccc1C(=O)[O-]. The number of hydrogen-bond donors (Lipinski definition) is 0. The number of alkyl halides is 3. The zero-order valence-corrected chi connectivity index (χ0v) is 8.08. The van der Waals surface area contributed by atoms with Crippen LogP contribution < -0.4 is 14.6 Å². The van der Waals surface area contributed by atoms with Crippen molar-refractivity contribution in [2.24, 2.45) is 0 Å². The van der Waals surface area contributed by atoms with E-state index in [0.29, 0.717) is 6.07 Å². The fraction of sp³-hybridized carbons (Fsp3) is 0.100. The van der Waals surface area contributed by atoms with Crippen LogP contribution in [-0.4, -0.2) is 12.3 Å². The summed E-state index contributed by atoms with van der Waals surface area (Å²) in [5.41, 5.74) is -0.475. The summed E-state index contributed by atoms with van der Waals surface area (Å²) >= 11 is 0. The molecule has 0 spiro atoms. The maximum Gasteiger partial charge on any atom is 0.573 e. The molecule has 0 aliphatic rings. The van der Waals surface area contributed by atoms with Crippen LogP contribution >= 0.6 is 0 Å². The summed E-state index contributed by atoms with van der Waals surface area (Å²) in [6.45, 7) is 0. The number of carboxylic acids is 1. The number of carbonyl (C=O) groups excluding carboxylic acids is 1. The van der Waals surface area contributed by atoms with Crippen LogP contribution in [0.3, 0.4) is 0 Å². The van der Waals surface area contributed by atoms with Crippen LogP contribution in [0.1, 0.15) is 10.4 Å². The van der Waals surface area contributed by atoms with Crippen LogP contribution in [0.2, 0.25) is 0 Å². The Morgan fingerprint density at radius 1 is 1.41 bits per heavy atom. The van der Waals surface area contributed by atoms with E-state index in [9.17, 15) is 23.1 Å². The van der Waals surface area contributed by atoms with Gasteiger partial charge in [0.15, 0.2) is 5.75 Å². The van der Waals surface area contributed by atoms with E-state index in [4.69, 9.17) is 6.42 Å². The summed E-state index contributed by atoms with van der Waals surface area (Å²) in [4.78, 5) is 10.6. The average Bonchev–Trinajstić information content (AvgIpc) is 2.15. The fourth-order valence-corrected chi connectivity index (χ4v) is 1.02. The molecule has 17 heavy (non-hydrogen) atoms. The summed E-state index contributed by atoms with van der Waals surface area (Å²) in [5.74, 6) is -2.74. The Morgan fingerprint density at radius 2 is 2.06 bits per heavy atom. The molecule has 0 amide bonds. The molecule has 4 nitrogen and oxygen atoms in total. The molecule has 7 heteroatoms. The molecule has 0 aliphatic carbocycles. The molecule has 0 atom stereocenters. The van der Waals surface area contributed by atoms with Gasteiger partial charge in [-0.3, -0.25) is 0 Å². The lowest BCUT2D eigenvalue weighted by atomic mass is 10.2. The number of carboxylic acid groups (broad SMARTS) is 1. The Labute approximate surface area is 93.6 Å². The lowest BCUT2D eigenvalue weighted by molar-refractivity contribution is -0.274. The van der Waals surface area contributed by atoms with Gasteiger partial charge in [0.05, 0.1) is 5.97 Å². The summed E-state index contributed by atoms with van der Waals surface area (Å²) in [6, 6.07) is 2.35. The van der Waals surface area contributed by atoms with Gasteiger partial charge in [0, 0.05) is 11.6 Å². The van der Waals surface area contributed by atoms with Crippen LogP contribution in [0.15, 0.2) is 18.2 Å². The van der Waals surface area contributed by atoms with Crippen molar-refractivity contribution in [1.82, 2.24) is 0 Å². The smallest absolute Gasteiger partial charge is 0.545 e. The highest BCUT2D eigenvalue weighted by atomic mass is 19.4. The molecule has 0 saturated carbocycles. The third kappa shape index (κ3) is 3.61. The lowest BCUT2D eigenvalue weighted by Crippen LogP contribution is -2.23. The first-order valence-electron chi connectivity index (χ1n) is 4.07. The van der Waals surface area contributed by atoms with Crippen LogP contribution in [-0.2, 0) is 0 Å². The maximum absolute atomic E-state index is 11.9. The van der Waals surface area contributed by atoms with E-state index < -0.39 is 29.4 Å². The first-order chi connectivity index (χ1) is 7.83. The van der Waals surface area contributed by atoms with Gasteiger partial charge in [-0.15, -0.1) is 13.2 Å². The highest BCUT2D eigenvalue weighted by Crippen LogP contribution is 2.28. The standard InChI is InChI=1S/C10H5F3O4/c1-2-16-8-5-6(17-10(11,12)13)3-4-7(8)9(14)15/h1,3-5H,(H,14,15)/p-1. The molecular formula is C10H4F3O4-. The van der Waals surface area contributed by atoms with E-state index in [2.05, 4.69) is 9.47 Å². The summed E-state index contributed by atoms with van der Waals surface area (Å²) in [7, 11) is 0. The van der Waals surface area contributed by atoms with Crippen molar-refractivity contribution in [1.29, 1.82) is 0 Å². The lowest BCUT2D eigenvalue weighted by Gasteiger charge is -2.12. The van der Waals surface area contributed by atoms with Crippen molar-refractivity contribution in [3.05, 3.63) is 23.8 Å². The number of benzene rings is 1. The van der Waals surface area contributed by atoms with Crippen molar-refractivity contribution in [3.8, 4) is 24.0 Å². The summed E-state index contributed by atoms with van der Waals surface area (Å²) in [6.07, 6.45) is 1.51. The molecule has 1 aromatic carbocycles. The van der Waals surface area contributed by atoms with Gasteiger partial charge in [-0.05, 0) is 12.1 Å². The number of terminal acetylenes is 1. The maximum atomic E-state index is 11.9. The normalized spacial score (nSPS) is 10.5. The topological polar surface area (TPSA) is 58.6 Å². The van der Waals surface area contributed by atoms with E-state index in [1.165, 1.54) is 0 Å². The van der Waals surface area contributed by atoms with Gasteiger partial charge in [-0.25, -0.2) is 0 Å². The number of halogens is 3. The molecule has 0 aromatic heterocycles. The van der Waals surface area contributed by atoms with Crippen molar-refractivity contribution in [2.75, 3.05) is 0 Å². The van der Waals surface area contributed by atoms with Gasteiger partial charge in [-0.2, -0.15) is 0 Å². The second kappa shape index (κ2) is 4.65. The number of ether oxygens (including phenoxy) is 2. The first-order valence-corrected chi connectivity index (χ1v) is 4.07. The third-order valence-corrected chi connectivity index (χ3v) is 1.58. The second-order valence-electron chi connectivity index (χ2n) is 2.71. The van der Waals surface area contributed by atoms with Crippen molar-refractivity contribution >= 4 is 5.97 Å². The Balaban J connectivity index is 3.10. The molecule has 0 fully saturated rings. The highest BCUT2D eigenvalue weighted by molar-refractivity contribution is 5.89. The second-order valence-corrected chi connectivity index (χ2v) is 2.71. The van der Waals surface area contributed by atoms with Crippen LogP contribution in [0.25, 0.3) is 0 Å². The summed E-state index contributed by atoms with van der Waals surface area (Å²) in [5, 5.41) is 10.6. The molecule has 1 rings (SSSR count). The predicted molar refractivity (Wildman–Crippen MR) is 46.9 cm³/mol. The Hall–Kier alpha value is -2.36. The summed E-state index contributed by atoms with van der Waals surface area (Å²) < 4.78 is 43.6. The molecule has 90 valence electrons. The van der Waals surface area contributed by atoms with Gasteiger partial charge in [0.2, 0.25) is 0 Å². The van der Waals surface area contributed by atoms with E-state index in [1.807, 2.05) is 0 Å².